The molecule has 2 heterocycles. The van der Waals surface area contributed by atoms with E-state index in [1.807, 2.05) is 6.07 Å². The fraction of sp³-hybridized carbons (Fsp3) is 0.550. The van der Waals surface area contributed by atoms with E-state index in [1.165, 1.54) is 0 Å². The molecule has 4 N–H and O–H groups in total. The summed E-state index contributed by atoms with van der Waals surface area (Å²) in [5, 5.41) is 19.2. The van der Waals surface area contributed by atoms with Crippen LogP contribution in [0.1, 0.15) is 61.6 Å². The highest BCUT2D eigenvalue weighted by molar-refractivity contribution is 5.98. The van der Waals surface area contributed by atoms with Crippen molar-refractivity contribution in [3.8, 4) is 0 Å². The predicted octanol–water partition coefficient (Wildman–Crippen LogP) is 2.93. The van der Waals surface area contributed by atoms with Crippen LogP contribution in [0.2, 0.25) is 0 Å². The minimum atomic E-state index is -0.255. The van der Waals surface area contributed by atoms with Gasteiger partial charge in [-0.25, -0.2) is 4.98 Å². The van der Waals surface area contributed by atoms with E-state index < -0.39 is 0 Å². The zero-order valence-electron chi connectivity index (χ0n) is 16.3. The van der Waals surface area contributed by atoms with Crippen LogP contribution < -0.4 is 16.0 Å². The third-order valence-corrected chi connectivity index (χ3v) is 4.89. The molecule has 1 amide bonds. The molecule has 2 aromatic heterocycles. The normalized spacial score (nSPS) is 19.2. The van der Waals surface area contributed by atoms with Gasteiger partial charge >= 0.3 is 0 Å². The average molecular weight is 387 g/mol. The molecule has 0 saturated heterocycles. The maximum Gasteiger partial charge on any atom is 0.256 e. The average Bonchev–Trinajstić information content (AvgIpc) is 3.22. The van der Waals surface area contributed by atoms with E-state index >= 15 is 0 Å². The second-order valence-electron chi connectivity index (χ2n) is 7.15. The van der Waals surface area contributed by atoms with Crippen molar-refractivity contribution in [2.75, 3.05) is 17.2 Å². The van der Waals surface area contributed by atoms with Crippen molar-refractivity contribution < 1.29 is 14.3 Å². The fourth-order valence-corrected chi connectivity index (χ4v) is 3.21. The van der Waals surface area contributed by atoms with Gasteiger partial charge in [0, 0.05) is 18.8 Å². The van der Waals surface area contributed by atoms with Crippen LogP contribution in [0, 0.1) is 0 Å². The Bertz CT molecular complexity index is 742. The van der Waals surface area contributed by atoms with Crippen molar-refractivity contribution in [1.82, 2.24) is 15.3 Å². The van der Waals surface area contributed by atoms with Gasteiger partial charge in [0.15, 0.2) is 0 Å². The number of unbranched alkanes of at least 4 members (excludes halogenated alkanes) is 1. The second kappa shape index (κ2) is 10.1. The first-order valence-electron chi connectivity index (χ1n) is 10.0. The fourth-order valence-electron chi connectivity index (χ4n) is 3.21. The molecule has 1 fully saturated rings. The highest BCUT2D eigenvalue weighted by Gasteiger charge is 2.22. The SMILES string of the molecule is CCCCNc1ncc(C(=O)NCc2ccco2)c(NC2CCC(O)CC2)n1. The van der Waals surface area contributed by atoms with E-state index in [1.54, 1.807) is 18.5 Å². The van der Waals surface area contributed by atoms with Crippen molar-refractivity contribution >= 4 is 17.7 Å². The van der Waals surface area contributed by atoms with Crippen molar-refractivity contribution in [3.05, 3.63) is 35.9 Å². The summed E-state index contributed by atoms with van der Waals surface area (Å²) in [5.41, 5.74) is 0.402. The number of aromatic nitrogens is 2. The summed E-state index contributed by atoms with van der Waals surface area (Å²) in [6.45, 7) is 3.21. The molecular formula is C20H29N5O3. The molecule has 1 aliphatic carbocycles. The Morgan fingerprint density at radius 3 is 2.86 bits per heavy atom. The van der Waals surface area contributed by atoms with Gasteiger partial charge in [0.2, 0.25) is 5.95 Å². The molecule has 0 atom stereocenters. The smallest absolute Gasteiger partial charge is 0.256 e. The number of furan rings is 1. The molecule has 0 aliphatic heterocycles. The minimum absolute atomic E-state index is 0.179. The minimum Gasteiger partial charge on any atom is -0.467 e. The van der Waals surface area contributed by atoms with Gasteiger partial charge in [0.05, 0.1) is 18.9 Å². The van der Waals surface area contributed by atoms with Gasteiger partial charge in [-0.3, -0.25) is 4.79 Å². The Labute approximate surface area is 165 Å². The second-order valence-corrected chi connectivity index (χ2v) is 7.15. The van der Waals surface area contributed by atoms with Gasteiger partial charge in [-0.15, -0.1) is 0 Å². The first-order chi connectivity index (χ1) is 13.7. The number of aliphatic hydroxyl groups excluding tert-OH is 1. The number of rotatable bonds is 9. The number of aliphatic hydroxyl groups is 1. The maximum absolute atomic E-state index is 12.7. The maximum atomic E-state index is 12.7. The van der Waals surface area contributed by atoms with Crippen LogP contribution >= 0.6 is 0 Å². The number of carbonyl (C=O) groups excluding carboxylic acids is 1. The molecule has 0 spiro atoms. The topological polar surface area (TPSA) is 112 Å². The summed E-state index contributed by atoms with van der Waals surface area (Å²) >= 11 is 0. The Hall–Kier alpha value is -2.61. The molecule has 1 aliphatic rings. The molecule has 0 bridgehead atoms. The quantitative estimate of drug-likeness (QED) is 0.489. The lowest BCUT2D eigenvalue weighted by molar-refractivity contribution is 0.0947. The van der Waals surface area contributed by atoms with Gasteiger partial charge in [0.25, 0.3) is 5.91 Å². The molecule has 3 rings (SSSR count). The molecule has 2 aromatic rings. The van der Waals surface area contributed by atoms with E-state index in [0.29, 0.717) is 29.6 Å². The summed E-state index contributed by atoms with van der Waals surface area (Å²) in [4.78, 5) is 21.5. The van der Waals surface area contributed by atoms with Crippen LogP contribution in [0.4, 0.5) is 11.8 Å². The van der Waals surface area contributed by atoms with Crippen LogP contribution in [0.15, 0.2) is 29.0 Å². The van der Waals surface area contributed by atoms with Gasteiger partial charge in [-0.05, 0) is 44.2 Å². The predicted molar refractivity (Wildman–Crippen MR) is 107 cm³/mol. The van der Waals surface area contributed by atoms with Crippen LogP contribution in [0.5, 0.6) is 0 Å². The molecule has 0 unspecified atom stereocenters. The monoisotopic (exact) mass is 387 g/mol. The van der Waals surface area contributed by atoms with Crippen LogP contribution in [0.3, 0.4) is 0 Å². The van der Waals surface area contributed by atoms with Crippen LogP contribution in [-0.4, -0.2) is 39.7 Å². The van der Waals surface area contributed by atoms with Gasteiger partial charge < -0.3 is 25.5 Å². The van der Waals surface area contributed by atoms with Crippen LogP contribution in [0.25, 0.3) is 0 Å². The summed E-state index contributed by atoms with van der Waals surface area (Å²) in [6, 6.07) is 3.77. The lowest BCUT2D eigenvalue weighted by Gasteiger charge is -2.27. The molecule has 0 aromatic carbocycles. The first-order valence-corrected chi connectivity index (χ1v) is 10.0. The summed E-state index contributed by atoms with van der Waals surface area (Å²) in [5.74, 6) is 1.46. The zero-order chi connectivity index (χ0) is 19.8. The third-order valence-electron chi connectivity index (χ3n) is 4.89. The van der Waals surface area contributed by atoms with E-state index in [9.17, 15) is 9.90 Å². The van der Waals surface area contributed by atoms with E-state index in [0.717, 1.165) is 45.1 Å². The number of amides is 1. The molecule has 1 saturated carbocycles. The molecular weight excluding hydrogens is 358 g/mol. The zero-order valence-corrected chi connectivity index (χ0v) is 16.3. The number of anilines is 2. The lowest BCUT2D eigenvalue weighted by Crippen LogP contribution is -2.31. The Morgan fingerprint density at radius 1 is 1.32 bits per heavy atom. The van der Waals surface area contributed by atoms with Crippen molar-refractivity contribution in [3.63, 3.8) is 0 Å². The van der Waals surface area contributed by atoms with Crippen molar-refractivity contribution in [2.24, 2.45) is 0 Å². The molecule has 152 valence electrons. The number of nitrogens with zero attached hydrogens (tertiary/aromatic N) is 2. The number of nitrogens with one attached hydrogen (secondary N) is 3. The highest BCUT2D eigenvalue weighted by Crippen LogP contribution is 2.23. The van der Waals surface area contributed by atoms with Crippen molar-refractivity contribution in [2.45, 2.75) is 64.1 Å². The summed E-state index contributed by atoms with van der Waals surface area (Å²) in [7, 11) is 0. The molecule has 28 heavy (non-hydrogen) atoms. The lowest BCUT2D eigenvalue weighted by atomic mass is 9.93. The van der Waals surface area contributed by atoms with Crippen molar-refractivity contribution in [1.29, 1.82) is 0 Å². The van der Waals surface area contributed by atoms with E-state index in [2.05, 4.69) is 32.8 Å². The van der Waals surface area contributed by atoms with Gasteiger partial charge in [0.1, 0.15) is 17.1 Å². The van der Waals surface area contributed by atoms with Gasteiger partial charge in [-0.1, -0.05) is 13.3 Å². The summed E-state index contributed by atoms with van der Waals surface area (Å²) < 4.78 is 5.26. The highest BCUT2D eigenvalue weighted by atomic mass is 16.3. The Morgan fingerprint density at radius 2 is 2.14 bits per heavy atom. The summed E-state index contributed by atoms with van der Waals surface area (Å²) in [6.07, 6.45) is 8.20. The number of carbonyl (C=O) groups is 1. The van der Waals surface area contributed by atoms with Gasteiger partial charge in [-0.2, -0.15) is 4.98 Å². The Kier molecular flexibility index (Phi) is 7.25. The first kappa shape index (κ1) is 20.1. The Balaban J connectivity index is 1.71. The third kappa shape index (κ3) is 5.69. The number of hydrogen-bond acceptors (Lipinski definition) is 7. The number of hydrogen-bond donors (Lipinski definition) is 4. The molecule has 8 nitrogen and oxygen atoms in total. The molecule has 8 heteroatoms. The van der Waals surface area contributed by atoms with Crippen LogP contribution in [-0.2, 0) is 6.54 Å². The molecule has 0 radical (unpaired) electrons. The largest absolute Gasteiger partial charge is 0.467 e. The van der Waals surface area contributed by atoms with E-state index in [4.69, 9.17) is 4.42 Å². The standard InChI is InChI=1S/C20H29N5O3/c1-2-3-10-21-20-23-13-17(19(27)22-12-16-5-4-11-28-16)18(25-20)24-14-6-8-15(26)9-7-14/h4-5,11,13-15,26H,2-3,6-10,12H2,1H3,(H,22,27)(H2,21,23,24,25). The van der Waals surface area contributed by atoms with E-state index in [-0.39, 0.29) is 18.1 Å².